The number of sulfonamides is 1. The Hall–Kier alpha value is -2.97. The maximum Gasteiger partial charge on any atom is 0.316 e. The number of carbonyl (C=O) groups is 1. The minimum absolute atomic E-state index is 0.152. The molecule has 1 aromatic heterocycles. The molecule has 27 heavy (non-hydrogen) atoms. The molecule has 0 atom stereocenters. The van der Waals surface area contributed by atoms with Crippen molar-refractivity contribution >= 4 is 38.9 Å². The Morgan fingerprint density at radius 1 is 1.04 bits per heavy atom. The predicted octanol–water partition coefficient (Wildman–Crippen LogP) is 3.46. The molecule has 0 amide bonds. The topological polar surface area (TPSA) is 84.8 Å². The van der Waals surface area contributed by atoms with Crippen LogP contribution in [0.4, 0.5) is 5.69 Å². The molecular formula is C19H14N2O4S2. The van der Waals surface area contributed by atoms with Gasteiger partial charge in [-0.3, -0.25) is 4.79 Å². The van der Waals surface area contributed by atoms with Crippen LogP contribution in [-0.4, -0.2) is 20.2 Å². The molecule has 0 radical (unpaired) electrons. The average molecular weight is 398 g/mol. The SMILES string of the molecule is O=C(Cc1cccs1)Oc1ccccc1NC1=NS(=O)(=O)c2ccccc21. The van der Waals surface area contributed by atoms with E-state index in [1.807, 2.05) is 17.5 Å². The van der Waals surface area contributed by atoms with Gasteiger partial charge < -0.3 is 10.1 Å². The maximum absolute atomic E-state index is 12.2. The van der Waals surface area contributed by atoms with Crippen molar-refractivity contribution in [3.05, 3.63) is 76.5 Å². The van der Waals surface area contributed by atoms with Crippen molar-refractivity contribution in [1.82, 2.24) is 0 Å². The van der Waals surface area contributed by atoms with E-state index in [0.29, 0.717) is 17.0 Å². The largest absolute Gasteiger partial charge is 0.424 e. The average Bonchev–Trinajstić information content (AvgIpc) is 3.23. The molecule has 136 valence electrons. The fourth-order valence-electron chi connectivity index (χ4n) is 2.70. The van der Waals surface area contributed by atoms with Crippen LogP contribution in [-0.2, 0) is 21.2 Å². The van der Waals surface area contributed by atoms with Gasteiger partial charge in [-0.05, 0) is 35.7 Å². The second-order valence-electron chi connectivity index (χ2n) is 5.76. The molecule has 4 rings (SSSR count). The lowest BCUT2D eigenvalue weighted by Crippen LogP contribution is -2.15. The number of nitrogens with zero attached hydrogens (tertiary/aromatic N) is 1. The number of esters is 1. The normalized spacial score (nSPS) is 14.3. The summed E-state index contributed by atoms with van der Waals surface area (Å²) in [6, 6.07) is 17.2. The van der Waals surface area contributed by atoms with Gasteiger partial charge in [0.1, 0.15) is 4.90 Å². The molecule has 0 saturated carbocycles. The molecule has 6 nitrogen and oxygen atoms in total. The van der Waals surface area contributed by atoms with Gasteiger partial charge in [-0.25, -0.2) is 0 Å². The highest BCUT2D eigenvalue weighted by Crippen LogP contribution is 2.30. The molecule has 0 spiro atoms. The van der Waals surface area contributed by atoms with Crippen LogP contribution in [0.1, 0.15) is 10.4 Å². The standard InChI is InChI=1S/C19H14N2O4S2/c22-18(12-13-6-5-11-26-13)25-16-9-3-2-8-15(16)20-19-14-7-1-4-10-17(14)27(23,24)21-19/h1-11H,12H2,(H,20,21). The van der Waals surface area contributed by atoms with Gasteiger partial charge in [0.15, 0.2) is 11.6 Å². The molecule has 1 N–H and O–H groups in total. The van der Waals surface area contributed by atoms with Gasteiger partial charge in [-0.1, -0.05) is 30.3 Å². The molecule has 0 bridgehead atoms. The van der Waals surface area contributed by atoms with Crippen LogP contribution in [0.15, 0.2) is 75.3 Å². The lowest BCUT2D eigenvalue weighted by molar-refractivity contribution is -0.133. The highest BCUT2D eigenvalue weighted by atomic mass is 32.2. The highest BCUT2D eigenvalue weighted by molar-refractivity contribution is 7.90. The van der Waals surface area contributed by atoms with Crippen molar-refractivity contribution < 1.29 is 17.9 Å². The first-order valence-electron chi connectivity index (χ1n) is 8.06. The molecule has 2 heterocycles. The number of ether oxygens (including phenoxy) is 1. The van der Waals surface area contributed by atoms with E-state index in [-0.39, 0.29) is 17.2 Å². The van der Waals surface area contributed by atoms with E-state index in [0.717, 1.165) is 4.88 Å². The van der Waals surface area contributed by atoms with Crippen LogP contribution in [0, 0.1) is 0 Å². The van der Waals surface area contributed by atoms with Crippen molar-refractivity contribution in [3.8, 4) is 5.75 Å². The minimum atomic E-state index is -3.73. The summed E-state index contributed by atoms with van der Waals surface area (Å²) in [4.78, 5) is 13.3. The second-order valence-corrected chi connectivity index (χ2v) is 8.37. The second kappa shape index (κ2) is 6.98. The monoisotopic (exact) mass is 398 g/mol. The number of nitrogens with one attached hydrogen (secondary N) is 1. The van der Waals surface area contributed by atoms with Crippen LogP contribution >= 0.6 is 11.3 Å². The first-order chi connectivity index (χ1) is 13.0. The van der Waals surface area contributed by atoms with Gasteiger partial charge >= 0.3 is 5.97 Å². The number of benzene rings is 2. The zero-order chi connectivity index (χ0) is 18.9. The van der Waals surface area contributed by atoms with E-state index in [2.05, 4.69) is 9.71 Å². The van der Waals surface area contributed by atoms with Crippen LogP contribution in [0.3, 0.4) is 0 Å². The molecule has 1 aliphatic rings. The quantitative estimate of drug-likeness (QED) is 0.537. The summed E-state index contributed by atoms with van der Waals surface area (Å²) in [5.74, 6) is 0.115. The van der Waals surface area contributed by atoms with Crippen molar-refractivity contribution in [1.29, 1.82) is 0 Å². The molecule has 3 aromatic rings. The van der Waals surface area contributed by atoms with Gasteiger partial charge in [-0.2, -0.15) is 8.42 Å². The first-order valence-corrected chi connectivity index (χ1v) is 10.4. The number of carbonyl (C=O) groups excluding carboxylic acids is 1. The summed E-state index contributed by atoms with van der Waals surface area (Å²) in [6.45, 7) is 0. The number of hydrogen-bond acceptors (Lipinski definition) is 6. The lowest BCUT2D eigenvalue weighted by atomic mass is 10.2. The number of fused-ring (bicyclic) bond motifs is 1. The highest BCUT2D eigenvalue weighted by Gasteiger charge is 2.28. The third-order valence-corrected chi connectivity index (χ3v) is 6.11. The third-order valence-electron chi connectivity index (χ3n) is 3.89. The van der Waals surface area contributed by atoms with Crippen LogP contribution in [0.5, 0.6) is 5.75 Å². The van der Waals surface area contributed by atoms with E-state index in [4.69, 9.17) is 4.74 Å². The van der Waals surface area contributed by atoms with Gasteiger partial charge in [0.2, 0.25) is 0 Å². The number of para-hydroxylation sites is 2. The van der Waals surface area contributed by atoms with Crippen LogP contribution in [0.25, 0.3) is 0 Å². The maximum atomic E-state index is 12.2. The van der Waals surface area contributed by atoms with E-state index in [1.54, 1.807) is 42.5 Å². The molecule has 1 aliphatic heterocycles. The molecule has 0 saturated heterocycles. The van der Waals surface area contributed by atoms with Crippen molar-refractivity contribution in [2.45, 2.75) is 11.3 Å². The zero-order valence-electron chi connectivity index (χ0n) is 14.0. The Bertz CT molecular complexity index is 1140. The summed E-state index contributed by atoms with van der Waals surface area (Å²) >= 11 is 1.48. The van der Waals surface area contributed by atoms with E-state index in [9.17, 15) is 13.2 Å². The van der Waals surface area contributed by atoms with Crippen molar-refractivity contribution in [2.75, 3.05) is 5.32 Å². The zero-order valence-corrected chi connectivity index (χ0v) is 15.6. The Morgan fingerprint density at radius 2 is 1.81 bits per heavy atom. The summed E-state index contributed by atoms with van der Waals surface area (Å²) in [5, 5.41) is 4.88. The Kier molecular flexibility index (Phi) is 4.51. The third kappa shape index (κ3) is 3.62. The molecular weight excluding hydrogens is 384 g/mol. The molecule has 0 aliphatic carbocycles. The smallest absolute Gasteiger partial charge is 0.316 e. The minimum Gasteiger partial charge on any atom is -0.424 e. The fraction of sp³-hybridized carbons (Fsp3) is 0.0526. The van der Waals surface area contributed by atoms with Crippen LogP contribution in [0.2, 0.25) is 0 Å². The molecule has 8 heteroatoms. The van der Waals surface area contributed by atoms with E-state index in [1.165, 1.54) is 17.4 Å². The number of thiophene rings is 1. The fourth-order valence-corrected chi connectivity index (χ4v) is 4.56. The predicted molar refractivity (Wildman–Crippen MR) is 104 cm³/mol. The number of hydrogen-bond donors (Lipinski definition) is 1. The van der Waals surface area contributed by atoms with Gasteiger partial charge in [0.05, 0.1) is 12.1 Å². The van der Waals surface area contributed by atoms with Gasteiger partial charge in [0, 0.05) is 10.4 Å². The lowest BCUT2D eigenvalue weighted by Gasteiger charge is -2.12. The summed E-state index contributed by atoms with van der Waals surface area (Å²) in [7, 11) is -3.73. The number of anilines is 1. The van der Waals surface area contributed by atoms with E-state index < -0.39 is 16.0 Å². The summed E-state index contributed by atoms with van der Waals surface area (Å²) in [6.07, 6.45) is 0.171. The Morgan fingerprint density at radius 3 is 2.63 bits per heavy atom. The van der Waals surface area contributed by atoms with Crippen molar-refractivity contribution in [2.24, 2.45) is 4.40 Å². The van der Waals surface area contributed by atoms with E-state index >= 15 is 0 Å². The Balaban J connectivity index is 1.58. The molecule has 0 unspecified atom stereocenters. The van der Waals surface area contributed by atoms with Gasteiger partial charge in [-0.15, -0.1) is 15.7 Å². The first kappa shape index (κ1) is 17.4. The Labute approximate surface area is 160 Å². The molecule has 2 aromatic carbocycles. The number of rotatable bonds is 4. The summed E-state index contributed by atoms with van der Waals surface area (Å²) in [5.41, 5.74) is 0.944. The number of amidine groups is 1. The van der Waals surface area contributed by atoms with Gasteiger partial charge in [0.25, 0.3) is 10.0 Å². The summed E-state index contributed by atoms with van der Waals surface area (Å²) < 4.78 is 33.6. The van der Waals surface area contributed by atoms with Crippen LogP contribution < -0.4 is 10.1 Å². The molecule has 0 fully saturated rings. The van der Waals surface area contributed by atoms with Crippen molar-refractivity contribution in [3.63, 3.8) is 0 Å².